The van der Waals surface area contributed by atoms with E-state index in [-0.39, 0.29) is 16.7 Å². The van der Waals surface area contributed by atoms with Gasteiger partial charge < -0.3 is 4.90 Å². The Morgan fingerprint density at radius 1 is 0.765 bits per heavy atom. The van der Waals surface area contributed by atoms with E-state index in [1.165, 1.54) is 0 Å². The first-order valence-electron chi connectivity index (χ1n) is 11.3. The number of benzene rings is 3. The first kappa shape index (κ1) is 22.1. The summed E-state index contributed by atoms with van der Waals surface area (Å²) in [5.41, 5.74) is 5.06. The Morgan fingerprint density at radius 3 is 2.09 bits per heavy atom. The topological polar surface area (TPSA) is 49.7 Å². The van der Waals surface area contributed by atoms with Gasteiger partial charge in [0, 0.05) is 17.3 Å². The smallest absolute Gasteiger partial charge is 0.283 e. The minimum absolute atomic E-state index is 0.0503. The molecule has 0 bridgehead atoms. The Balaban J connectivity index is 1.75. The third kappa shape index (κ3) is 4.15. The second-order valence-corrected chi connectivity index (χ2v) is 10.3. The summed E-state index contributed by atoms with van der Waals surface area (Å²) in [4.78, 5) is 2.20. The lowest BCUT2D eigenvalue weighted by Crippen LogP contribution is -2.27. The van der Waals surface area contributed by atoms with Gasteiger partial charge >= 0.3 is 0 Å². The maximum absolute atomic E-state index is 13.5. The molecule has 3 aromatic carbocycles. The van der Waals surface area contributed by atoms with Crippen molar-refractivity contribution in [2.75, 3.05) is 4.90 Å². The highest BCUT2D eigenvalue weighted by Crippen LogP contribution is 2.46. The highest BCUT2D eigenvalue weighted by atomic mass is 32.2. The fourth-order valence-corrected chi connectivity index (χ4v) is 5.55. The van der Waals surface area contributed by atoms with Gasteiger partial charge in [0.25, 0.3) is 10.0 Å². The Morgan fingerprint density at radius 2 is 1.41 bits per heavy atom. The van der Waals surface area contributed by atoms with E-state index >= 15 is 0 Å². The van der Waals surface area contributed by atoms with Crippen molar-refractivity contribution in [1.82, 2.24) is 0 Å². The molecule has 1 fully saturated rings. The van der Waals surface area contributed by atoms with Crippen LogP contribution in [0, 0.1) is 19.8 Å². The molecule has 1 saturated heterocycles. The fraction of sp³-hybridized carbons (Fsp3) is 0.138. The standard InChI is InChI=1S/C29H26N2O2S/c1-21-13-17-24(18-14-21)31-27-12-8-4-7-11-26(27)28(23-9-5-3-6-10-23)29(31)30-34(32,33)25-19-15-22(2)16-20-25/h3-20,26,28H,1-2H3/b30-29+/t26-,28+/m1/s1. The fourth-order valence-electron chi connectivity index (χ4n) is 4.52. The predicted octanol–water partition coefficient (Wildman–Crippen LogP) is 6.32. The summed E-state index contributed by atoms with van der Waals surface area (Å²) in [5, 5.41) is 0. The Hall–Kier alpha value is -3.70. The van der Waals surface area contributed by atoms with Gasteiger partial charge in [-0.3, -0.25) is 0 Å². The molecule has 34 heavy (non-hydrogen) atoms. The molecule has 2 atom stereocenters. The van der Waals surface area contributed by atoms with Crippen LogP contribution in [0.25, 0.3) is 0 Å². The molecule has 5 rings (SSSR count). The van der Waals surface area contributed by atoms with Crippen LogP contribution in [0.4, 0.5) is 5.69 Å². The van der Waals surface area contributed by atoms with Crippen LogP contribution in [0.3, 0.4) is 0 Å². The second-order valence-electron chi connectivity index (χ2n) is 8.68. The van der Waals surface area contributed by atoms with Crippen molar-refractivity contribution in [3.63, 3.8) is 0 Å². The molecular formula is C29H26N2O2S. The van der Waals surface area contributed by atoms with Gasteiger partial charge in [0.1, 0.15) is 5.84 Å². The third-order valence-electron chi connectivity index (χ3n) is 6.26. The zero-order valence-electron chi connectivity index (χ0n) is 19.2. The average molecular weight is 467 g/mol. The third-order valence-corrected chi connectivity index (χ3v) is 7.55. The molecule has 2 aliphatic rings. The summed E-state index contributed by atoms with van der Waals surface area (Å²) in [6.07, 6.45) is 10.2. The molecule has 170 valence electrons. The number of rotatable bonds is 4. The molecule has 0 unspecified atom stereocenters. The van der Waals surface area contributed by atoms with Crippen molar-refractivity contribution >= 4 is 21.5 Å². The monoisotopic (exact) mass is 466 g/mol. The van der Waals surface area contributed by atoms with Crippen LogP contribution in [0.1, 0.15) is 22.6 Å². The number of amidine groups is 1. The molecule has 0 saturated carbocycles. The zero-order chi connectivity index (χ0) is 23.7. The normalized spacial score (nSPS) is 20.8. The van der Waals surface area contributed by atoms with Crippen molar-refractivity contribution in [3.8, 4) is 0 Å². The number of allylic oxidation sites excluding steroid dienone is 5. The van der Waals surface area contributed by atoms with E-state index in [1.54, 1.807) is 24.3 Å². The van der Waals surface area contributed by atoms with Crippen LogP contribution < -0.4 is 4.90 Å². The molecule has 3 aromatic rings. The lowest BCUT2D eigenvalue weighted by molar-refractivity contribution is 0.597. The molecule has 0 amide bonds. The molecular weight excluding hydrogens is 440 g/mol. The highest BCUT2D eigenvalue weighted by molar-refractivity contribution is 7.90. The van der Waals surface area contributed by atoms with Crippen LogP contribution in [0.2, 0.25) is 0 Å². The molecule has 1 heterocycles. The molecule has 5 heteroatoms. The first-order valence-corrected chi connectivity index (χ1v) is 12.8. The molecule has 0 aromatic heterocycles. The largest absolute Gasteiger partial charge is 0.300 e. The quantitative estimate of drug-likeness (QED) is 0.452. The van der Waals surface area contributed by atoms with Crippen LogP contribution >= 0.6 is 0 Å². The van der Waals surface area contributed by atoms with Gasteiger partial charge in [0.15, 0.2) is 0 Å². The SMILES string of the molecule is Cc1ccc(N2C3=CC=CC=C[C@H]3[C@H](c3ccccc3)/C2=N\S(=O)(=O)c2ccc(C)cc2)cc1. The minimum atomic E-state index is -3.93. The van der Waals surface area contributed by atoms with Crippen molar-refractivity contribution in [2.24, 2.45) is 10.3 Å². The van der Waals surface area contributed by atoms with Crippen LogP contribution in [0.5, 0.6) is 0 Å². The number of hydrogen-bond acceptors (Lipinski definition) is 2. The molecule has 0 N–H and O–H groups in total. The molecule has 0 radical (unpaired) electrons. The van der Waals surface area contributed by atoms with Crippen molar-refractivity contribution in [3.05, 3.63) is 132 Å². The molecule has 1 aliphatic carbocycles. The number of hydrogen-bond donors (Lipinski definition) is 0. The van der Waals surface area contributed by atoms with Gasteiger partial charge in [-0.25, -0.2) is 0 Å². The summed E-state index contributed by atoms with van der Waals surface area (Å²) < 4.78 is 31.5. The summed E-state index contributed by atoms with van der Waals surface area (Å²) >= 11 is 0. The van der Waals surface area contributed by atoms with Crippen molar-refractivity contribution in [1.29, 1.82) is 0 Å². The number of nitrogens with zero attached hydrogens (tertiary/aromatic N) is 2. The summed E-state index contributed by atoms with van der Waals surface area (Å²) in [6.45, 7) is 3.97. The maximum atomic E-state index is 13.5. The van der Waals surface area contributed by atoms with Crippen LogP contribution in [-0.2, 0) is 10.0 Å². The van der Waals surface area contributed by atoms with Gasteiger partial charge in [-0.05, 0) is 49.8 Å². The lowest BCUT2D eigenvalue weighted by Gasteiger charge is -2.22. The van der Waals surface area contributed by atoms with E-state index in [0.29, 0.717) is 5.84 Å². The number of anilines is 1. The summed E-state index contributed by atoms with van der Waals surface area (Å²) in [5.74, 6) is 0.211. The Bertz CT molecular complexity index is 1420. The number of sulfonamides is 1. The lowest BCUT2D eigenvalue weighted by atomic mass is 9.86. The summed E-state index contributed by atoms with van der Waals surface area (Å²) in [7, 11) is -3.93. The van der Waals surface area contributed by atoms with E-state index in [4.69, 9.17) is 0 Å². The van der Waals surface area contributed by atoms with Crippen molar-refractivity contribution < 1.29 is 8.42 Å². The first-order chi connectivity index (χ1) is 16.4. The van der Waals surface area contributed by atoms with Gasteiger partial charge in [0.2, 0.25) is 0 Å². The van der Waals surface area contributed by atoms with Crippen molar-refractivity contribution in [2.45, 2.75) is 24.7 Å². The van der Waals surface area contributed by atoms with E-state index in [0.717, 1.165) is 28.1 Å². The number of aryl methyl sites for hydroxylation is 2. The van der Waals surface area contributed by atoms with E-state index < -0.39 is 10.0 Å². The summed E-state index contributed by atoms with van der Waals surface area (Å²) in [6, 6.07) is 25.0. The Labute approximate surface area is 201 Å². The van der Waals surface area contributed by atoms with Gasteiger partial charge in [-0.15, -0.1) is 4.40 Å². The zero-order valence-corrected chi connectivity index (χ0v) is 20.0. The highest BCUT2D eigenvalue weighted by Gasteiger charge is 2.44. The second kappa shape index (κ2) is 8.92. The van der Waals surface area contributed by atoms with Crippen LogP contribution in [0.15, 0.2) is 124 Å². The average Bonchev–Trinajstić information content (AvgIpc) is 2.96. The van der Waals surface area contributed by atoms with Gasteiger partial charge in [-0.1, -0.05) is 90.0 Å². The maximum Gasteiger partial charge on any atom is 0.283 e. The van der Waals surface area contributed by atoms with E-state index in [1.807, 2.05) is 91.6 Å². The minimum Gasteiger partial charge on any atom is -0.300 e. The predicted molar refractivity (Wildman–Crippen MR) is 138 cm³/mol. The van der Waals surface area contributed by atoms with E-state index in [2.05, 4.69) is 16.5 Å². The Kier molecular flexibility index (Phi) is 5.80. The molecule has 0 spiro atoms. The van der Waals surface area contributed by atoms with E-state index in [9.17, 15) is 8.42 Å². The molecule has 1 aliphatic heterocycles. The number of fused-ring (bicyclic) bond motifs is 1. The van der Waals surface area contributed by atoms with Gasteiger partial charge in [0.05, 0.1) is 10.8 Å². The molecule has 4 nitrogen and oxygen atoms in total. The van der Waals surface area contributed by atoms with Gasteiger partial charge in [-0.2, -0.15) is 8.42 Å². The van der Waals surface area contributed by atoms with Crippen LogP contribution in [-0.4, -0.2) is 14.3 Å².